The fourth-order valence-electron chi connectivity index (χ4n) is 0.141. The van der Waals surface area contributed by atoms with E-state index in [1.165, 1.54) is 11.8 Å². The molecule has 0 aromatic carbocycles. The summed E-state index contributed by atoms with van der Waals surface area (Å²) < 4.78 is 0.486. The molecule has 0 fully saturated rings. The van der Waals surface area contributed by atoms with Crippen molar-refractivity contribution in [1.82, 2.24) is 0 Å². The van der Waals surface area contributed by atoms with Crippen LogP contribution in [0.5, 0.6) is 0 Å². The van der Waals surface area contributed by atoms with Crippen LogP contribution < -0.4 is 5.73 Å². The van der Waals surface area contributed by atoms with Crippen LogP contribution in [0.1, 0.15) is 0 Å². The Balaban J connectivity index is 0. The molecule has 0 bridgehead atoms. The molecule has 0 saturated carbocycles. The molecule has 0 aromatic rings. The second-order valence-corrected chi connectivity index (χ2v) is 2.68. The van der Waals surface area contributed by atoms with Crippen LogP contribution in [0.15, 0.2) is 12.7 Å². The normalized spacial score (nSPS) is 7.00. The summed E-state index contributed by atoms with van der Waals surface area (Å²) in [7, 11) is 0. The average molecular weight is 192 g/mol. The molecular formula is C4H7CoNS2. The fourth-order valence-corrected chi connectivity index (χ4v) is 0.627. The number of thiocarbonyl (C=S) groups is 1. The van der Waals surface area contributed by atoms with Gasteiger partial charge < -0.3 is 5.73 Å². The van der Waals surface area contributed by atoms with Crippen LogP contribution in [0.25, 0.3) is 0 Å². The first-order valence-electron chi connectivity index (χ1n) is 1.80. The van der Waals surface area contributed by atoms with Gasteiger partial charge in [-0.15, -0.1) is 6.58 Å². The molecule has 0 amide bonds. The Morgan fingerprint density at radius 3 is 2.50 bits per heavy atom. The Hall–Kier alpha value is 0.486. The van der Waals surface area contributed by atoms with Crippen molar-refractivity contribution in [3.63, 3.8) is 0 Å². The van der Waals surface area contributed by atoms with E-state index in [4.69, 9.17) is 5.73 Å². The molecule has 49 valence electrons. The average Bonchev–Trinajstić information content (AvgIpc) is 1.61. The topological polar surface area (TPSA) is 26.0 Å². The summed E-state index contributed by atoms with van der Waals surface area (Å²) in [5.74, 6) is 0.815. The van der Waals surface area contributed by atoms with Crippen molar-refractivity contribution >= 4 is 28.3 Å². The Morgan fingerprint density at radius 1 is 1.88 bits per heavy atom. The van der Waals surface area contributed by atoms with Crippen molar-refractivity contribution < 1.29 is 16.8 Å². The van der Waals surface area contributed by atoms with Crippen molar-refractivity contribution in [2.45, 2.75) is 0 Å². The van der Waals surface area contributed by atoms with Crippen LogP contribution in [-0.4, -0.2) is 10.1 Å². The largest absolute Gasteiger partial charge is 0.385 e. The summed E-state index contributed by atoms with van der Waals surface area (Å²) in [4.78, 5) is 0. The van der Waals surface area contributed by atoms with Gasteiger partial charge >= 0.3 is 0 Å². The molecule has 0 spiro atoms. The molecule has 0 aliphatic carbocycles. The summed E-state index contributed by atoms with van der Waals surface area (Å²) in [5.41, 5.74) is 5.13. The van der Waals surface area contributed by atoms with Crippen molar-refractivity contribution in [2.24, 2.45) is 5.73 Å². The maximum absolute atomic E-state index is 5.13. The monoisotopic (exact) mass is 192 g/mol. The molecule has 4 heteroatoms. The number of hydrogen-bond acceptors (Lipinski definition) is 2. The minimum atomic E-state index is 0. The molecular weight excluding hydrogens is 185 g/mol. The summed E-state index contributed by atoms with van der Waals surface area (Å²) in [6, 6.07) is 0. The maximum atomic E-state index is 5.13. The second-order valence-electron chi connectivity index (χ2n) is 0.919. The van der Waals surface area contributed by atoms with Crippen LogP contribution in [-0.2, 0) is 16.8 Å². The standard InChI is InChI=1S/C4H7NS2.Co/c1-2-3-7-4(5)6;/h2H,1,3H2,(H2,5,6);. The summed E-state index contributed by atoms with van der Waals surface area (Å²) in [5, 5.41) is 0. The van der Waals surface area contributed by atoms with E-state index in [2.05, 4.69) is 18.8 Å². The van der Waals surface area contributed by atoms with E-state index in [0.29, 0.717) is 4.32 Å². The van der Waals surface area contributed by atoms with Gasteiger partial charge in [-0.25, -0.2) is 0 Å². The van der Waals surface area contributed by atoms with Crippen molar-refractivity contribution in [1.29, 1.82) is 0 Å². The Kier molecular flexibility index (Phi) is 10.6. The predicted octanol–water partition coefficient (Wildman–Crippen LogP) is 1.15. The first kappa shape index (κ1) is 11.3. The summed E-state index contributed by atoms with van der Waals surface area (Å²) in [6.07, 6.45) is 1.77. The molecule has 0 unspecified atom stereocenters. The third kappa shape index (κ3) is 9.70. The van der Waals surface area contributed by atoms with E-state index < -0.39 is 0 Å². The van der Waals surface area contributed by atoms with E-state index >= 15 is 0 Å². The molecule has 0 aliphatic rings. The Morgan fingerprint density at radius 2 is 2.38 bits per heavy atom. The smallest absolute Gasteiger partial charge is 0.131 e. The van der Waals surface area contributed by atoms with Gasteiger partial charge in [-0.3, -0.25) is 0 Å². The first-order valence-corrected chi connectivity index (χ1v) is 3.20. The minimum Gasteiger partial charge on any atom is -0.385 e. The van der Waals surface area contributed by atoms with E-state index in [1.807, 2.05) is 0 Å². The summed E-state index contributed by atoms with van der Waals surface area (Å²) in [6.45, 7) is 3.50. The number of hydrogen-bond donors (Lipinski definition) is 1. The minimum absolute atomic E-state index is 0. The summed E-state index contributed by atoms with van der Waals surface area (Å²) >= 11 is 5.98. The van der Waals surface area contributed by atoms with E-state index in [1.54, 1.807) is 6.08 Å². The third-order valence-corrected chi connectivity index (χ3v) is 1.38. The second kappa shape index (κ2) is 7.49. The predicted molar refractivity (Wildman–Crippen MR) is 39.4 cm³/mol. The van der Waals surface area contributed by atoms with E-state index in [9.17, 15) is 0 Å². The SMILES string of the molecule is C=CCSC(N)=S.[Co]. The number of thioether (sulfide) groups is 1. The van der Waals surface area contributed by atoms with Gasteiger partial charge in [0, 0.05) is 22.5 Å². The number of nitrogens with two attached hydrogens (primary N) is 1. The van der Waals surface area contributed by atoms with Crippen molar-refractivity contribution in [3.8, 4) is 0 Å². The zero-order chi connectivity index (χ0) is 5.70. The van der Waals surface area contributed by atoms with Crippen LogP contribution in [0.4, 0.5) is 0 Å². The molecule has 1 nitrogen and oxygen atoms in total. The molecule has 1 radical (unpaired) electrons. The van der Waals surface area contributed by atoms with Crippen LogP contribution >= 0.6 is 24.0 Å². The first-order chi connectivity index (χ1) is 3.27. The van der Waals surface area contributed by atoms with Gasteiger partial charge in [0.05, 0.1) is 0 Å². The van der Waals surface area contributed by atoms with Crippen LogP contribution in [0.2, 0.25) is 0 Å². The maximum Gasteiger partial charge on any atom is 0.131 e. The van der Waals surface area contributed by atoms with Crippen LogP contribution in [0, 0.1) is 0 Å². The zero-order valence-corrected chi connectivity index (χ0v) is 6.89. The van der Waals surface area contributed by atoms with E-state index in [0.717, 1.165) is 5.75 Å². The Labute approximate surface area is 69.3 Å². The molecule has 0 atom stereocenters. The molecule has 0 aromatic heterocycles. The number of rotatable bonds is 2. The third-order valence-electron chi connectivity index (χ3n) is 0.343. The molecule has 0 saturated heterocycles. The van der Waals surface area contributed by atoms with Gasteiger partial charge in [0.2, 0.25) is 0 Å². The quantitative estimate of drug-likeness (QED) is 0.525. The van der Waals surface area contributed by atoms with Crippen LogP contribution in [0.3, 0.4) is 0 Å². The van der Waals surface area contributed by atoms with E-state index in [-0.39, 0.29) is 16.8 Å². The van der Waals surface area contributed by atoms with Gasteiger partial charge in [-0.05, 0) is 0 Å². The fraction of sp³-hybridized carbons (Fsp3) is 0.250. The van der Waals surface area contributed by atoms with Gasteiger partial charge in [-0.2, -0.15) is 0 Å². The molecule has 0 rings (SSSR count). The molecule has 2 N–H and O–H groups in total. The Bertz CT molecular complexity index is 84.1. The van der Waals surface area contributed by atoms with Gasteiger partial charge in [-0.1, -0.05) is 30.1 Å². The van der Waals surface area contributed by atoms with Gasteiger partial charge in [0.1, 0.15) is 4.32 Å². The van der Waals surface area contributed by atoms with Gasteiger partial charge in [0.25, 0.3) is 0 Å². The molecule has 0 aliphatic heterocycles. The van der Waals surface area contributed by atoms with Gasteiger partial charge in [0.15, 0.2) is 0 Å². The molecule has 0 heterocycles. The van der Waals surface area contributed by atoms with Crippen molar-refractivity contribution in [3.05, 3.63) is 12.7 Å². The molecule has 8 heavy (non-hydrogen) atoms. The van der Waals surface area contributed by atoms with Crippen molar-refractivity contribution in [2.75, 3.05) is 5.75 Å². The zero-order valence-electron chi connectivity index (χ0n) is 4.22.